The highest BCUT2D eigenvalue weighted by atomic mass is 16.7. The highest BCUT2D eigenvalue weighted by Gasteiger charge is 2.61. The van der Waals surface area contributed by atoms with Gasteiger partial charge < -0.3 is 90.1 Å². The van der Waals surface area contributed by atoms with Crippen molar-refractivity contribution in [1.82, 2.24) is 0 Å². The fourth-order valence-electron chi connectivity index (χ4n) is 10.1. The molecule has 0 unspecified atom stereocenters. The van der Waals surface area contributed by atoms with E-state index in [1.807, 2.05) is 0 Å². The number of carbonyl (C=O) groups is 1. The van der Waals surface area contributed by atoms with Crippen molar-refractivity contribution in [3.05, 3.63) is 123 Å². The molecule has 0 aromatic heterocycles. The zero-order valence-corrected chi connectivity index (χ0v) is 33.6. The number of aliphatic hydroxyl groups excluding tert-OH is 3. The third-order valence-electron chi connectivity index (χ3n) is 13.1. The molecule has 19 heteroatoms. The van der Waals surface area contributed by atoms with Crippen LogP contribution in [0.3, 0.4) is 0 Å². The van der Waals surface area contributed by atoms with Crippen LogP contribution in [0.15, 0.2) is 78.9 Å². The van der Waals surface area contributed by atoms with Gasteiger partial charge in [-0.25, -0.2) is 0 Å². The average Bonchev–Trinajstić information content (AvgIpc) is 3.25. The lowest BCUT2D eigenvalue weighted by Gasteiger charge is -2.51. The van der Waals surface area contributed by atoms with Crippen LogP contribution < -0.4 is 23.7 Å². The molecule has 0 radical (unpaired) electrons. The monoisotopic (exact) mass is 904 g/mol. The molecule has 6 aromatic rings. The summed E-state index contributed by atoms with van der Waals surface area (Å²) in [6.07, 6.45) is -8.66. The fourth-order valence-corrected chi connectivity index (χ4v) is 10.1. The molecule has 0 saturated heterocycles. The third-order valence-corrected chi connectivity index (χ3v) is 13.1. The summed E-state index contributed by atoms with van der Waals surface area (Å²) in [6, 6.07) is 14.9. The zero-order chi connectivity index (χ0) is 46.4. The Labute approximate surface area is 370 Å². The van der Waals surface area contributed by atoms with Crippen molar-refractivity contribution >= 4 is 5.97 Å². The van der Waals surface area contributed by atoms with Gasteiger partial charge in [-0.15, -0.1) is 0 Å². The summed E-state index contributed by atoms with van der Waals surface area (Å²) in [6.45, 7) is 0. The van der Waals surface area contributed by atoms with Gasteiger partial charge in [0.1, 0.15) is 70.1 Å². The molecule has 2 bridgehead atoms. The minimum atomic E-state index is -2.33. The van der Waals surface area contributed by atoms with Crippen LogP contribution in [0.5, 0.6) is 86.2 Å². The van der Waals surface area contributed by atoms with Crippen molar-refractivity contribution in [2.75, 3.05) is 0 Å². The topological polar surface area (TPSA) is 326 Å². The van der Waals surface area contributed by atoms with Gasteiger partial charge in [0.15, 0.2) is 46.7 Å². The molecule has 0 aliphatic carbocycles. The minimum absolute atomic E-state index is 0.0311. The van der Waals surface area contributed by atoms with Gasteiger partial charge in [0, 0.05) is 63.6 Å². The Morgan fingerprint density at radius 2 is 0.985 bits per heavy atom. The Kier molecular flexibility index (Phi) is 8.58. The molecule has 5 aliphatic heterocycles. The van der Waals surface area contributed by atoms with Gasteiger partial charge >= 0.3 is 11.8 Å². The highest BCUT2D eigenvalue weighted by Crippen LogP contribution is 2.66. The third kappa shape index (κ3) is 5.63. The van der Waals surface area contributed by atoms with Crippen LogP contribution in [0, 0.1) is 0 Å². The van der Waals surface area contributed by atoms with E-state index in [4.69, 9.17) is 23.7 Å². The second kappa shape index (κ2) is 13.9. The first-order valence-corrected chi connectivity index (χ1v) is 20.3. The predicted octanol–water partition coefficient (Wildman–Crippen LogP) is 4.39. The molecular weight excluding hydrogens is 868 g/mol. The largest absolute Gasteiger partial charge is 0.508 e. The molecule has 13 N–H and O–H groups in total. The second-order valence-corrected chi connectivity index (χ2v) is 16.8. The summed E-state index contributed by atoms with van der Waals surface area (Å²) >= 11 is 0. The maximum absolute atomic E-state index is 13.0. The van der Waals surface area contributed by atoms with Gasteiger partial charge in [0.25, 0.3) is 0 Å². The van der Waals surface area contributed by atoms with E-state index in [9.17, 15) is 71.2 Å². The van der Waals surface area contributed by atoms with Crippen molar-refractivity contribution in [1.29, 1.82) is 0 Å². The summed E-state index contributed by atoms with van der Waals surface area (Å²) in [5, 5.41) is 146. The molecule has 338 valence electrons. The number of esters is 1. The molecule has 0 fully saturated rings. The Morgan fingerprint density at radius 3 is 1.58 bits per heavy atom. The Balaban J connectivity index is 1.19. The molecule has 0 amide bonds. The molecule has 66 heavy (non-hydrogen) atoms. The maximum Gasteiger partial charge on any atom is 0.311 e. The summed E-state index contributed by atoms with van der Waals surface area (Å²) in [7, 11) is 0. The number of aromatic hydroxyl groups is 10. The smallest absolute Gasteiger partial charge is 0.311 e. The summed E-state index contributed by atoms with van der Waals surface area (Å²) in [5.41, 5.74) is -0.530. The van der Waals surface area contributed by atoms with E-state index in [-0.39, 0.29) is 73.3 Å². The normalized spacial score (nSPS) is 26.4. The molecule has 0 saturated carbocycles. The zero-order valence-electron chi connectivity index (χ0n) is 33.6. The first kappa shape index (κ1) is 40.6. The quantitative estimate of drug-likeness (QED) is 0.0663. The number of ether oxygens (including phenoxy) is 5. The number of fused-ring (bicyclic) bond motifs is 8. The molecule has 6 aromatic carbocycles. The number of benzene rings is 6. The van der Waals surface area contributed by atoms with E-state index in [2.05, 4.69) is 0 Å². The molecule has 19 nitrogen and oxygen atoms in total. The van der Waals surface area contributed by atoms with Crippen molar-refractivity contribution in [2.45, 2.75) is 60.5 Å². The summed E-state index contributed by atoms with van der Waals surface area (Å²) < 4.78 is 31.4. The lowest BCUT2D eigenvalue weighted by atomic mass is 9.71. The van der Waals surface area contributed by atoms with E-state index in [1.165, 1.54) is 18.2 Å². The van der Waals surface area contributed by atoms with Crippen molar-refractivity contribution in [3.8, 4) is 86.2 Å². The predicted molar refractivity (Wildman–Crippen MR) is 220 cm³/mol. The van der Waals surface area contributed by atoms with Crippen molar-refractivity contribution < 1.29 is 94.9 Å². The van der Waals surface area contributed by atoms with Crippen LogP contribution in [0.25, 0.3) is 0 Å². The number of phenols is 10. The number of carbonyl (C=O) groups excluding carboxylic acids is 1. The number of rotatable bonds is 4. The SMILES string of the molecule is O=C1C[C@H]2c3c(cc(O)c([C@H]4c5c(O)cc6c(c5O[C@H](c5ccc(O)c(O)c5)[C@@H]4O)[C@H]4c5c(O)cc(O)cc5O[C@@](c5ccc(O)c(O)c5)(O6)[C@@H]4O)c3O[C@H](c3ccc(O)c(O)c3)[C@@H]2O)O1. The number of hydrogen-bond donors (Lipinski definition) is 13. The molecular formula is C47H36O19. The molecule has 5 heterocycles. The van der Waals surface area contributed by atoms with Crippen LogP contribution in [0.4, 0.5) is 0 Å². The van der Waals surface area contributed by atoms with Crippen molar-refractivity contribution in [3.63, 3.8) is 0 Å². The van der Waals surface area contributed by atoms with E-state index in [0.717, 1.165) is 60.7 Å². The van der Waals surface area contributed by atoms with Crippen LogP contribution in [-0.2, 0) is 10.6 Å². The van der Waals surface area contributed by atoms with E-state index >= 15 is 0 Å². The van der Waals surface area contributed by atoms with Crippen LogP contribution in [-0.4, -0.2) is 90.7 Å². The number of hydrogen-bond acceptors (Lipinski definition) is 19. The molecule has 0 spiro atoms. The van der Waals surface area contributed by atoms with Gasteiger partial charge in [-0.1, -0.05) is 12.1 Å². The number of phenolic OH excluding ortho intramolecular Hbond substituents is 10. The van der Waals surface area contributed by atoms with Gasteiger partial charge in [0.2, 0.25) is 0 Å². The van der Waals surface area contributed by atoms with E-state index in [1.54, 1.807) is 0 Å². The van der Waals surface area contributed by atoms with Gasteiger partial charge in [-0.2, -0.15) is 0 Å². The Morgan fingerprint density at radius 1 is 0.470 bits per heavy atom. The first-order chi connectivity index (χ1) is 31.4. The minimum Gasteiger partial charge on any atom is -0.508 e. The standard InChI is InChI=1S/C47H36O19/c48-18-10-26(55)34-30(11-18)65-47(17-3-6-22(51)25(54)9-17)46(61)39(34)37-31(66-47)14-28(57)36-38(41(60)43(64-45(36)37)16-2-5-21(50)24(53)8-16)35-27(56)13-29-33-19(12-32(58)62-29)40(59)42(63-44(33)35)15-1-4-20(49)23(52)7-15/h1-11,13-14,19,38-43,46,48-57,59-61H,12H2/t19-,38-,39+,40+,41+,42+,43+,46+,47-/m0/s1. The average molecular weight is 905 g/mol. The Hall–Kier alpha value is -8.13. The number of aliphatic hydroxyl groups is 3. The van der Waals surface area contributed by atoms with E-state index in [0.29, 0.717) is 0 Å². The van der Waals surface area contributed by atoms with E-state index < -0.39 is 124 Å². The lowest BCUT2D eigenvalue weighted by molar-refractivity contribution is -0.219. The first-order valence-electron chi connectivity index (χ1n) is 20.3. The summed E-state index contributed by atoms with van der Waals surface area (Å²) in [4.78, 5) is 13.0. The van der Waals surface area contributed by atoms with Crippen LogP contribution >= 0.6 is 0 Å². The van der Waals surface area contributed by atoms with Gasteiger partial charge in [-0.3, -0.25) is 4.79 Å². The second-order valence-electron chi connectivity index (χ2n) is 16.8. The van der Waals surface area contributed by atoms with Crippen LogP contribution in [0.1, 0.15) is 80.9 Å². The highest BCUT2D eigenvalue weighted by molar-refractivity contribution is 5.80. The Bertz CT molecular complexity index is 3090. The lowest BCUT2D eigenvalue weighted by Crippen LogP contribution is -2.57. The fraction of sp³-hybridized carbons (Fsp3) is 0.213. The molecule has 11 rings (SSSR count). The van der Waals surface area contributed by atoms with Crippen LogP contribution in [0.2, 0.25) is 0 Å². The molecule has 5 aliphatic rings. The summed E-state index contributed by atoms with van der Waals surface area (Å²) in [5.74, 6) is -14.2. The van der Waals surface area contributed by atoms with Gasteiger partial charge in [-0.05, 0) is 53.6 Å². The maximum atomic E-state index is 13.0. The van der Waals surface area contributed by atoms with Crippen molar-refractivity contribution in [2.24, 2.45) is 0 Å². The molecule has 9 atom stereocenters. The van der Waals surface area contributed by atoms with Gasteiger partial charge in [0.05, 0.1) is 18.3 Å².